The SMILES string of the molecule is COc1ccc(CNC(=O)C2CCN(c3ccc(-n4cccn4)nn3)CC2)cc1. The first-order valence-corrected chi connectivity index (χ1v) is 9.72. The van der Waals surface area contributed by atoms with E-state index in [9.17, 15) is 4.79 Å². The first-order valence-electron chi connectivity index (χ1n) is 9.72. The molecule has 3 aromatic rings. The van der Waals surface area contributed by atoms with Crippen molar-refractivity contribution >= 4 is 11.7 Å². The first kappa shape index (κ1) is 18.9. The summed E-state index contributed by atoms with van der Waals surface area (Å²) >= 11 is 0. The van der Waals surface area contributed by atoms with Crippen molar-refractivity contribution in [3.8, 4) is 11.6 Å². The molecule has 0 atom stereocenters. The minimum absolute atomic E-state index is 0.0285. The Kier molecular flexibility index (Phi) is 5.69. The molecule has 150 valence electrons. The molecule has 1 saturated heterocycles. The van der Waals surface area contributed by atoms with Crippen LogP contribution in [0.4, 0.5) is 5.82 Å². The van der Waals surface area contributed by atoms with E-state index in [4.69, 9.17) is 4.74 Å². The monoisotopic (exact) mass is 392 g/mol. The van der Waals surface area contributed by atoms with Crippen molar-refractivity contribution in [2.75, 3.05) is 25.1 Å². The van der Waals surface area contributed by atoms with E-state index in [1.807, 2.05) is 48.7 Å². The largest absolute Gasteiger partial charge is 0.497 e. The van der Waals surface area contributed by atoms with Crippen molar-refractivity contribution in [1.29, 1.82) is 0 Å². The molecule has 0 spiro atoms. The summed E-state index contributed by atoms with van der Waals surface area (Å²) in [4.78, 5) is 14.7. The Bertz CT molecular complexity index is 917. The van der Waals surface area contributed by atoms with Gasteiger partial charge in [0.15, 0.2) is 11.6 Å². The van der Waals surface area contributed by atoms with E-state index in [-0.39, 0.29) is 11.8 Å². The smallest absolute Gasteiger partial charge is 0.223 e. The molecule has 3 heterocycles. The van der Waals surface area contributed by atoms with Gasteiger partial charge in [0.1, 0.15) is 5.75 Å². The number of benzene rings is 1. The Morgan fingerprint density at radius 3 is 2.45 bits per heavy atom. The number of carbonyl (C=O) groups is 1. The first-order chi connectivity index (χ1) is 14.2. The second-order valence-corrected chi connectivity index (χ2v) is 7.03. The summed E-state index contributed by atoms with van der Waals surface area (Å²) in [5.74, 6) is 2.47. The molecule has 1 N–H and O–H groups in total. The van der Waals surface area contributed by atoms with Crippen molar-refractivity contribution in [1.82, 2.24) is 25.3 Å². The highest BCUT2D eigenvalue weighted by Gasteiger charge is 2.25. The molecule has 4 rings (SSSR count). The molecule has 0 unspecified atom stereocenters. The van der Waals surface area contributed by atoms with E-state index in [2.05, 4.69) is 25.5 Å². The van der Waals surface area contributed by atoms with Crippen molar-refractivity contribution in [3.63, 3.8) is 0 Å². The molecule has 1 aromatic carbocycles. The van der Waals surface area contributed by atoms with E-state index in [0.29, 0.717) is 12.4 Å². The van der Waals surface area contributed by atoms with E-state index < -0.39 is 0 Å². The molecule has 8 nitrogen and oxygen atoms in total. The number of carbonyl (C=O) groups excluding carboxylic acids is 1. The molecule has 29 heavy (non-hydrogen) atoms. The maximum atomic E-state index is 12.5. The third-order valence-electron chi connectivity index (χ3n) is 5.19. The van der Waals surface area contributed by atoms with Gasteiger partial charge in [0, 0.05) is 37.9 Å². The van der Waals surface area contributed by atoms with Gasteiger partial charge in [0.25, 0.3) is 0 Å². The Hall–Kier alpha value is -3.42. The normalized spacial score (nSPS) is 14.6. The van der Waals surface area contributed by atoms with Crippen LogP contribution in [-0.2, 0) is 11.3 Å². The summed E-state index contributed by atoms with van der Waals surface area (Å²) in [5.41, 5.74) is 1.06. The molecule has 1 aliphatic rings. The maximum absolute atomic E-state index is 12.5. The second-order valence-electron chi connectivity index (χ2n) is 7.03. The van der Waals surface area contributed by atoms with E-state index in [1.165, 1.54) is 0 Å². The Balaban J connectivity index is 1.26. The fraction of sp³-hybridized carbons (Fsp3) is 0.333. The summed E-state index contributed by atoms with van der Waals surface area (Å²) in [6.07, 6.45) is 5.15. The fourth-order valence-corrected chi connectivity index (χ4v) is 3.46. The number of methoxy groups -OCH3 is 1. The van der Waals surface area contributed by atoms with E-state index >= 15 is 0 Å². The second kappa shape index (κ2) is 8.72. The van der Waals surface area contributed by atoms with Crippen LogP contribution in [0.15, 0.2) is 54.9 Å². The Labute approximate surface area is 169 Å². The summed E-state index contributed by atoms with van der Waals surface area (Å²) in [7, 11) is 1.64. The summed E-state index contributed by atoms with van der Waals surface area (Å²) in [5, 5.41) is 15.8. The van der Waals surface area contributed by atoms with Crippen molar-refractivity contribution in [3.05, 3.63) is 60.4 Å². The van der Waals surface area contributed by atoms with Crippen molar-refractivity contribution < 1.29 is 9.53 Å². The molecule has 1 fully saturated rings. The number of ether oxygens (including phenoxy) is 1. The lowest BCUT2D eigenvalue weighted by molar-refractivity contribution is -0.125. The molecule has 0 aliphatic carbocycles. The van der Waals surface area contributed by atoms with Crippen molar-refractivity contribution in [2.45, 2.75) is 19.4 Å². The van der Waals surface area contributed by atoms with Gasteiger partial charge in [-0.1, -0.05) is 12.1 Å². The fourth-order valence-electron chi connectivity index (χ4n) is 3.46. The molecule has 1 amide bonds. The van der Waals surface area contributed by atoms with Crippen LogP contribution in [0.1, 0.15) is 18.4 Å². The highest BCUT2D eigenvalue weighted by Crippen LogP contribution is 2.22. The maximum Gasteiger partial charge on any atom is 0.223 e. The molecule has 8 heteroatoms. The topological polar surface area (TPSA) is 85.2 Å². The van der Waals surface area contributed by atoms with E-state index in [0.717, 1.165) is 43.1 Å². The third kappa shape index (κ3) is 4.53. The van der Waals surface area contributed by atoms with Gasteiger partial charge < -0.3 is 15.0 Å². The molecule has 0 bridgehead atoms. The van der Waals surface area contributed by atoms with Gasteiger partial charge in [0.2, 0.25) is 5.91 Å². The van der Waals surface area contributed by atoms with Crippen LogP contribution in [0, 0.1) is 5.92 Å². The molecule has 0 saturated carbocycles. The predicted molar refractivity (Wildman–Crippen MR) is 109 cm³/mol. The summed E-state index contributed by atoms with van der Waals surface area (Å²) < 4.78 is 6.83. The van der Waals surface area contributed by atoms with Crippen LogP contribution in [0.5, 0.6) is 5.75 Å². The number of anilines is 1. The van der Waals surface area contributed by atoms with Crippen LogP contribution >= 0.6 is 0 Å². The van der Waals surface area contributed by atoms with Gasteiger partial charge in [-0.2, -0.15) is 5.10 Å². The zero-order chi connectivity index (χ0) is 20.1. The summed E-state index contributed by atoms with van der Waals surface area (Å²) in [6, 6.07) is 13.4. The zero-order valence-electron chi connectivity index (χ0n) is 16.4. The number of rotatable bonds is 6. The highest BCUT2D eigenvalue weighted by atomic mass is 16.5. The quantitative estimate of drug-likeness (QED) is 0.692. The molecular formula is C21H24N6O2. The van der Waals surface area contributed by atoms with Gasteiger partial charge in [-0.15, -0.1) is 10.2 Å². The van der Waals surface area contributed by atoms with Gasteiger partial charge >= 0.3 is 0 Å². The number of nitrogens with zero attached hydrogens (tertiary/aromatic N) is 5. The van der Waals surface area contributed by atoms with Gasteiger partial charge in [-0.25, -0.2) is 4.68 Å². The average molecular weight is 392 g/mol. The number of piperidine rings is 1. The average Bonchev–Trinajstić information content (AvgIpc) is 3.33. The zero-order valence-corrected chi connectivity index (χ0v) is 16.4. The Morgan fingerprint density at radius 2 is 1.83 bits per heavy atom. The number of hydrogen-bond donors (Lipinski definition) is 1. The number of hydrogen-bond acceptors (Lipinski definition) is 6. The lowest BCUT2D eigenvalue weighted by Crippen LogP contribution is -2.40. The van der Waals surface area contributed by atoms with Gasteiger partial charge in [0.05, 0.1) is 7.11 Å². The van der Waals surface area contributed by atoms with Gasteiger partial charge in [-0.3, -0.25) is 4.79 Å². The minimum Gasteiger partial charge on any atom is -0.497 e. The molecular weight excluding hydrogens is 368 g/mol. The Morgan fingerprint density at radius 1 is 1.10 bits per heavy atom. The lowest BCUT2D eigenvalue weighted by atomic mass is 9.96. The number of amides is 1. The van der Waals surface area contributed by atoms with Crippen LogP contribution in [0.2, 0.25) is 0 Å². The third-order valence-corrected chi connectivity index (χ3v) is 5.19. The number of nitrogens with one attached hydrogen (secondary N) is 1. The number of aromatic nitrogens is 4. The molecule has 0 radical (unpaired) electrons. The van der Waals surface area contributed by atoms with Crippen molar-refractivity contribution in [2.24, 2.45) is 5.92 Å². The standard InChI is InChI=1S/C21H24N6O2/c1-29-18-5-3-16(4-6-18)15-22-21(28)17-9-13-26(14-10-17)19-7-8-20(25-24-19)27-12-2-11-23-27/h2-8,11-12,17H,9-10,13-15H2,1H3,(H,22,28). The molecule has 2 aromatic heterocycles. The predicted octanol–water partition coefficient (Wildman–Crippen LogP) is 2.20. The lowest BCUT2D eigenvalue weighted by Gasteiger charge is -2.31. The minimum atomic E-state index is 0.0285. The highest BCUT2D eigenvalue weighted by molar-refractivity contribution is 5.79. The van der Waals surface area contributed by atoms with Crippen LogP contribution in [0.3, 0.4) is 0 Å². The van der Waals surface area contributed by atoms with Crippen LogP contribution in [0.25, 0.3) is 5.82 Å². The van der Waals surface area contributed by atoms with Crippen LogP contribution < -0.4 is 15.0 Å². The van der Waals surface area contributed by atoms with E-state index in [1.54, 1.807) is 18.0 Å². The van der Waals surface area contributed by atoms with Gasteiger partial charge in [-0.05, 0) is 48.7 Å². The molecule has 1 aliphatic heterocycles. The van der Waals surface area contributed by atoms with Crippen LogP contribution in [-0.4, -0.2) is 46.1 Å². The summed E-state index contributed by atoms with van der Waals surface area (Å²) in [6.45, 7) is 2.11.